The van der Waals surface area contributed by atoms with Gasteiger partial charge in [0.1, 0.15) is 0 Å². The molecule has 0 amide bonds. The molecule has 2 aromatic carbocycles. The van der Waals surface area contributed by atoms with Crippen LogP contribution >= 0.6 is 11.6 Å². The molecule has 0 radical (unpaired) electrons. The van der Waals surface area contributed by atoms with Crippen molar-refractivity contribution in [3.63, 3.8) is 0 Å². The van der Waals surface area contributed by atoms with E-state index in [2.05, 4.69) is 0 Å². The van der Waals surface area contributed by atoms with Gasteiger partial charge in [-0.2, -0.15) is 0 Å². The molecule has 2 aromatic rings. The van der Waals surface area contributed by atoms with Crippen molar-refractivity contribution in [3.05, 3.63) is 70.7 Å². The van der Waals surface area contributed by atoms with E-state index < -0.39 is 0 Å². The first kappa shape index (κ1) is 13.1. The van der Waals surface area contributed by atoms with Crippen LogP contribution in [0.4, 0.5) is 0 Å². The first-order valence-electron chi connectivity index (χ1n) is 6.23. The summed E-state index contributed by atoms with van der Waals surface area (Å²) in [6.45, 7) is 0. The standard InChI is InChI=1S/C16H17ClO/c17-15-11-9-13(10-12-15)5-4-8-16(18)14-6-2-1-3-7-14/h1-3,6-7,9-12,16,18H,4-5,8H2. The van der Waals surface area contributed by atoms with Gasteiger partial charge in [0.25, 0.3) is 0 Å². The predicted molar refractivity (Wildman–Crippen MR) is 75.8 cm³/mol. The summed E-state index contributed by atoms with van der Waals surface area (Å²) < 4.78 is 0. The number of hydrogen-bond acceptors (Lipinski definition) is 1. The molecule has 1 nitrogen and oxygen atoms in total. The van der Waals surface area contributed by atoms with E-state index in [1.54, 1.807) is 0 Å². The molecule has 0 aromatic heterocycles. The average molecular weight is 261 g/mol. The Labute approximate surface area is 113 Å². The summed E-state index contributed by atoms with van der Waals surface area (Å²) >= 11 is 5.84. The molecule has 0 spiro atoms. The minimum absolute atomic E-state index is 0.362. The summed E-state index contributed by atoms with van der Waals surface area (Å²) in [5, 5.41) is 10.8. The number of aliphatic hydroxyl groups is 1. The summed E-state index contributed by atoms with van der Waals surface area (Å²) in [5.74, 6) is 0. The Morgan fingerprint density at radius 3 is 2.28 bits per heavy atom. The molecule has 18 heavy (non-hydrogen) atoms. The zero-order valence-corrected chi connectivity index (χ0v) is 11.0. The fraction of sp³-hybridized carbons (Fsp3) is 0.250. The maximum absolute atomic E-state index is 10.0. The largest absolute Gasteiger partial charge is 0.388 e. The van der Waals surface area contributed by atoms with Crippen LogP contribution in [0, 0.1) is 0 Å². The topological polar surface area (TPSA) is 20.2 Å². The summed E-state index contributed by atoms with van der Waals surface area (Å²) in [5.41, 5.74) is 2.26. The highest BCUT2D eigenvalue weighted by Gasteiger charge is 2.06. The monoisotopic (exact) mass is 260 g/mol. The van der Waals surface area contributed by atoms with Gasteiger partial charge >= 0.3 is 0 Å². The van der Waals surface area contributed by atoms with Crippen molar-refractivity contribution < 1.29 is 5.11 Å². The summed E-state index contributed by atoms with van der Waals surface area (Å²) in [4.78, 5) is 0. The van der Waals surface area contributed by atoms with Crippen molar-refractivity contribution in [3.8, 4) is 0 Å². The van der Waals surface area contributed by atoms with Crippen LogP contribution in [0.15, 0.2) is 54.6 Å². The molecular weight excluding hydrogens is 244 g/mol. The van der Waals surface area contributed by atoms with Gasteiger partial charge in [0.05, 0.1) is 6.10 Å². The Morgan fingerprint density at radius 1 is 0.944 bits per heavy atom. The van der Waals surface area contributed by atoms with Gasteiger partial charge in [-0.25, -0.2) is 0 Å². The normalized spacial score (nSPS) is 12.3. The highest BCUT2D eigenvalue weighted by atomic mass is 35.5. The fourth-order valence-electron chi connectivity index (χ4n) is 1.99. The molecule has 0 fully saturated rings. The van der Waals surface area contributed by atoms with Gasteiger partial charge in [-0.3, -0.25) is 0 Å². The van der Waals surface area contributed by atoms with Gasteiger partial charge < -0.3 is 5.11 Å². The van der Waals surface area contributed by atoms with Crippen LogP contribution in [0.2, 0.25) is 5.02 Å². The molecule has 0 saturated heterocycles. The van der Waals surface area contributed by atoms with Crippen molar-refractivity contribution in [1.82, 2.24) is 0 Å². The van der Waals surface area contributed by atoms with E-state index in [0.717, 1.165) is 29.8 Å². The van der Waals surface area contributed by atoms with E-state index in [4.69, 9.17) is 11.6 Å². The van der Waals surface area contributed by atoms with Crippen LogP contribution in [0.5, 0.6) is 0 Å². The third-order valence-corrected chi connectivity index (χ3v) is 3.29. The lowest BCUT2D eigenvalue weighted by Crippen LogP contribution is -1.98. The van der Waals surface area contributed by atoms with Crippen LogP contribution < -0.4 is 0 Å². The van der Waals surface area contributed by atoms with Gasteiger partial charge in [0, 0.05) is 5.02 Å². The number of rotatable bonds is 5. The van der Waals surface area contributed by atoms with Gasteiger partial charge in [0.2, 0.25) is 0 Å². The summed E-state index contributed by atoms with van der Waals surface area (Å²) in [6, 6.07) is 17.7. The van der Waals surface area contributed by atoms with Crippen LogP contribution in [0.3, 0.4) is 0 Å². The molecule has 0 aliphatic rings. The number of benzene rings is 2. The van der Waals surface area contributed by atoms with Gasteiger partial charge in [-0.15, -0.1) is 0 Å². The van der Waals surface area contributed by atoms with E-state index in [0.29, 0.717) is 0 Å². The van der Waals surface area contributed by atoms with E-state index >= 15 is 0 Å². The lowest BCUT2D eigenvalue weighted by atomic mass is 10.0. The van der Waals surface area contributed by atoms with Gasteiger partial charge in [0.15, 0.2) is 0 Å². The molecule has 0 heterocycles. The maximum Gasteiger partial charge on any atom is 0.0790 e. The quantitative estimate of drug-likeness (QED) is 0.845. The van der Waals surface area contributed by atoms with Gasteiger partial charge in [-0.1, -0.05) is 54.1 Å². The third kappa shape index (κ3) is 3.86. The smallest absolute Gasteiger partial charge is 0.0790 e. The Balaban J connectivity index is 1.80. The Bertz CT molecular complexity index is 464. The second kappa shape index (κ2) is 6.58. The van der Waals surface area contributed by atoms with E-state index in [1.807, 2.05) is 54.6 Å². The molecular formula is C16H17ClO. The molecule has 0 aliphatic carbocycles. The maximum atomic E-state index is 10.0. The number of aliphatic hydroxyl groups excluding tert-OH is 1. The predicted octanol–water partition coefficient (Wildman–Crippen LogP) is 4.40. The minimum atomic E-state index is -0.362. The fourth-order valence-corrected chi connectivity index (χ4v) is 2.12. The van der Waals surface area contributed by atoms with Crippen LogP contribution in [0.25, 0.3) is 0 Å². The van der Waals surface area contributed by atoms with E-state index in [1.165, 1.54) is 5.56 Å². The second-order valence-electron chi connectivity index (χ2n) is 4.45. The number of halogens is 1. The molecule has 0 bridgehead atoms. The summed E-state index contributed by atoms with van der Waals surface area (Å²) in [7, 11) is 0. The summed E-state index contributed by atoms with van der Waals surface area (Å²) in [6.07, 6.45) is 2.37. The van der Waals surface area contributed by atoms with Crippen LogP contribution in [-0.2, 0) is 6.42 Å². The molecule has 0 aliphatic heterocycles. The Morgan fingerprint density at radius 2 is 1.61 bits per heavy atom. The lowest BCUT2D eigenvalue weighted by Gasteiger charge is -2.10. The van der Waals surface area contributed by atoms with Crippen molar-refractivity contribution in [2.24, 2.45) is 0 Å². The van der Waals surface area contributed by atoms with E-state index in [9.17, 15) is 5.11 Å². The highest BCUT2D eigenvalue weighted by molar-refractivity contribution is 6.30. The second-order valence-corrected chi connectivity index (χ2v) is 4.88. The lowest BCUT2D eigenvalue weighted by molar-refractivity contribution is 0.164. The number of hydrogen-bond donors (Lipinski definition) is 1. The number of aryl methyl sites for hydroxylation is 1. The molecule has 0 saturated carbocycles. The average Bonchev–Trinajstić information content (AvgIpc) is 2.42. The van der Waals surface area contributed by atoms with E-state index in [-0.39, 0.29) is 6.10 Å². The first-order chi connectivity index (χ1) is 8.75. The Kier molecular flexibility index (Phi) is 4.80. The van der Waals surface area contributed by atoms with Crippen LogP contribution in [-0.4, -0.2) is 5.11 Å². The first-order valence-corrected chi connectivity index (χ1v) is 6.61. The highest BCUT2D eigenvalue weighted by Crippen LogP contribution is 2.19. The molecule has 94 valence electrons. The van der Waals surface area contributed by atoms with Gasteiger partial charge in [-0.05, 0) is 42.5 Å². The SMILES string of the molecule is OC(CCCc1ccc(Cl)cc1)c1ccccc1. The Hall–Kier alpha value is -1.31. The zero-order chi connectivity index (χ0) is 12.8. The minimum Gasteiger partial charge on any atom is -0.388 e. The van der Waals surface area contributed by atoms with Crippen molar-refractivity contribution in [2.45, 2.75) is 25.4 Å². The van der Waals surface area contributed by atoms with Crippen molar-refractivity contribution in [1.29, 1.82) is 0 Å². The van der Waals surface area contributed by atoms with Crippen molar-refractivity contribution in [2.75, 3.05) is 0 Å². The molecule has 1 unspecified atom stereocenters. The molecule has 1 atom stereocenters. The van der Waals surface area contributed by atoms with Crippen LogP contribution in [0.1, 0.15) is 30.1 Å². The zero-order valence-electron chi connectivity index (χ0n) is 10.2. The molecule has 2 rings (SSSR count). The molecule has 2 heteroatoms. The molecule has 1 N–H and O–H groups in total. The third-order valence-electron chi connectivity index (χ3n) is 3.04. The van der Waals surface area contributed by atoms with Crippen molar-refractivity contribution >= 4 is 11.6 Å².